The van der Waals surface area contributed by atoms with Crippen molar-refractivity contribution in [2.24, 2.45) is 0 Å². The van der Waals surface area contributed by atoms with Crippen LogP contribution in [0.4, 0.5) is 0 Å². The number of rotatable bonds is 5. The lowest BCUT2D eigenvalue weighted by atomic mass is 10.2. The summed E-state index contributed by atoms with van der Waals surface area (Å²) in [6, 6.07) is 9.78. The lowest BCUT2D eigenvalue weighted by Crippen LogP contribution is -2.37. The monoisotopic (exact) mass is 299 g/mol. The van der Waals surface area contributed by atoms with E-state index in [0.717, 1.165) is 5.56 Å². The van der Waals surface area contributed by atoms with Crippen molar-refractivity contribution in [3.63, 3.8) is 0 Å². The second kappa shape index (κ2) is 6.21. The Morgan fingerprint density at radius 1 is 1.27 bits per heavy atom. The zero-order valence-electron chi connectivity index (χ0n) is 12.0. The third-order valence-electron chi connectivity index (χ3n) is 3.18. The first kappa shape index (κ1) is 14.0. The molecule has 3 aromatic rings. The molecule has 0 saturated carbocycles. The fraction of sp³-hybridized carbons (Fsp3) is 0.200. The van der Waals surface area contributed by atoms with Gasteiger partial charge in [0, 0.05) is 0 Å². The number of imidazole rings is 1. The fourth-order valence-corrected chi connectivity index (χ4v) is 2.09. The number of aromatic nitrogens is 4. The molecule has 0 atom stereocenters. The van der Waals surface area contributed by atoms with Crippen LogP contribution in [0.5, 0.6) is 5.88 Å². The number of carbonyl (C=O) groups is 1. The summed E-state index contributed by atoms with van der Waals surface area (Å²) in [7, 11) is 1.35. The van der Waals surface area contributed by atoms with E-state index in [1.54, 1.807) is 10.9 Å². The van der Waals surface area contributed by atoms with Crippen molar-refractivity contribution >= 4 is 17.1 Å². The molecule has 7 heteroatoms. The Balaban J connectivity index is 1.88. The van der Waals surface area contributed by atoms with Gasteiger partial charge >= 0.3 is 5.97 Å². The normalized spacial score (nSPS) is 10.6. The highest BCUT2D eigenvalue weighted by molar-refractivity contribution is 5.73. The summed E-state index contributed by atoms with van der Waals surface area (Å²) < 4.78 is 12.1. The van der Waals surface area contributed by atoms with Crippen LogP contribution in [-0.2, 0) is 22.7 Å². The van der Waals surface area contributed by atoms with Gasteiger partial charge in [-0.1, -0.05) is 30.3 Å². The maximum Gasteiger partial charge on any atom is 0.348 e. The number of esters is 1. The number of ether oxygens (including phenoxy) is 2. The SMILES string of the molecule is COC(=O)C[n+]1c[nH]c2ncnc(OCc3ccccc3)c21. The Morgan fingerprint density at radius 3 is 2.86 bits per heavy atom. The van der Waals surface area contributed by atoms with Crippen molar-refractivity contribution in [3.05, 3.63) is 48.5 Å². The van der Waals surface area contributed by atoms with Crippen LogP contribution in [0, 0.1) is 0 Å². The van der Waals surface area contributed by atoms with E-state index >= 15 is 0 Å². The van der Waals surface area contributed by atoms with Crippen LogP contribution < -0.4 is 9.30 Å². The molecule has 0 fully saturated rings. The molecule has 0 aliphatic heterocycles. The maximum atomic E-state index is 11.5. The van der Waals surface area contributed by atoms with E-state index in [1.165, 1.54) is 13.4 Å². The molecule has 2 heterocycles. The third kappa shape index (κ3) is 2.88. The Hall–Kier alpha value is -2.96. The number of nitrogens with one attached hydrogen (secondary N) is 1. The van der Waals surface area contributed by atoms with Crippen molar-refractivity contribution in [3.8, 4) is 5.88 Å². The molecule has 22 heavy (non-hydrogen) atoms. The summed E-state index contributed by atoms with van der Waals surface area (Å²) >= 11 is 0. The largest absolute Gasteiger partial charge is 0.470 e. The zero-order valence-corrected chi connectivity index (χ0v) is 12.0. The predicted octanol–water partition coefficient (Wildman–Crippen LogP) is 0.997. The molecular formula is C15H15N4O3+. The Labute approximate surface area is 126 Å². The average Bonchev–Trinajstić information content (AvgIpc) is 2.97. The van der Waals surface area contributed by atoms with E-state index in [1.807, 2.05) is 30.3 Å². The van der Waals surface area contributed by atoms with E-state index in [-0.39, 0.29) is 12.5 Å². The molecule has 0 unspecified atom stereocenters. The van der Waals surface area contributed by atoms with E-state index in [2.05, 4.69) is 19.7 Å². The van der Waals surface area contributed by atoms with Crippen molar-refractivity contribution in [1.29, 1.82) is 0 Å². The van der Waals surface area contributed by atoms with Gasteiger partial charge in [0.2, 0.25) is 6.33 Å². The summed E-state index contributed by atoms with van der Waals surface area (Å²) in [5.74, 6) is 0.0581. The minimum Gasteiger partial charge on any atom is -0.470 e. The van der Waals surface area contributed by atoms with Gasteiger partial charge in [-0.3, -0.25) is 0 Å². The van der Waals surface area contributed by atoms with Gasteiger partial charge in [0.05, 0.1) is 7.11 Å². The molecule has 2 aromatic heterocycles. The van der Waals surface area contributed by atoms with Gasteiger partial charge in [0.1, 0.15) is 12.9 Å². The summed E-state index contributed by atoms with van der Waals surface area (Å²) in [6.07, 6.45) is 3.06. The Morgan fingerprint density at radius 2 is 2.09 bits per heavy atom. The number of benzene rings is 1. The van der Waals surface area contributed by atoms with Crippen molar-refractivity contribution in [2.75, 3.05) is 7.11 Å². The first-order valence-electron chi connectivity index (χ1n) is 6.73. The minimum atomic E-state index is -0.358. The number of H-pyrrole nitrogens is 1. The number of nitrogens with zero attached hydrogens (tertiary/aromatic N) is 3. The standard InChI is InChI=1S/C15H14N4O3/c1-21-12(20)7-19-10-18-14-13(19)15(17-9-16-14)22-8-11-5-3-2-4-6-11/h2-6,9-10H,7-8H2,1H3/p+1. The molecule has 0 spiro atoms. The highest BCUT2D eigenvalue weighted by Crippen LogP contribution is 2.17. The second-order valence-electron chi connectivity index (χ2n) is 4.63. The average molecular weight is 299 g/mol. The predicted molar refractivity (Wildman–Crippen MR) is 76.9 cm³/mol. The number of methoxy groups -OCH3 is 1. The highest BCUT2D eigenvalue weighted by Gasteiger charge is 2.20. The second-order valence-corrected chi connectivity index (χ2v) is 4.63. The molecule has 0 bridgehead atoms. The van der Waals surface area contributed by atoms with Gasteiger partial charge in [-0.25, -0.2) is 14.3 Å². The summed E-state index contributed by atoms with van der Waals surface area (Å²) in [5.41, 5.74) is 2.26. The van der Waals surface area contributed by atoms with Crippen molar-refractivity contribution in [2.45, 2.75) is 13.2 Å². The molecule has 0 radical (unpaired) electrons. The fourth-order valence-electron chi connectivity index (χ4n) is 2.09. The quantitative estimate of drug-likeness (QED) is 0.561. The molecule has 1 N–H and O–H groups in total. The van der Waals surface area contributed by atoms with Gasteiger partial charge in [0.15, 0.2) is 6.54 Å². The van der Waals surface area contributed by atoms with Gasteiger partial charge in [-0.15, -0.1) is 0 Å². The van der Waals surface area contributed by atoms with Gasteiger partial charge < -0.3 is 9.47 Å². The molecule has 0 saturated heterocycles. The molecule has 1 aromatic carbocycles. The molecule has 112 valence electrons. The number of hydrogen-bond acceptors (Lipinski definition) is 5. The highest BCUT2D eigenvalue weighted by atomic mass is 16.5. The molecular weight excluding hydrogens is 284 g/mol. The van der Waals surface area contributed by atoms with Gasteiger partial charge in [0.25, 0.3) is 17.0 Å². The first-order valence-corrected chi connectivity index (χ1v) is 6.73. The van der Waals surface area contributed by atoms with Crippen molar-refractivity contribution < 1.29 is 18.8 Å². The van der Waals surface area contributed by atoms with E-state index in [9.17, 15) is 4.79 Å². The molecule has 0 aliphatic carbocycles. The Kier molecular flexibility index (Phi) is 3.95. The Bertz CT molecular complexity index is 786. The maximum absolute atomic E-state index is 11.5. The molecule has 7 nitrogen and oxygen atoms in total. The van der Waals surface area contributed by atoms with Crippen LogP contribution in [0.3, 0.4) is 0 Å². The van der Waals surface area contributed by atoms with Gasteiger partial charge in [-0.2, -0.15) is 9.97 Å². The van der Waals surface area contributed by atoms with E-state index in [0.29, 0.717) is 23.7 Å². The molecule has 3 rings (SSSR count). The van der Waals surface area contributed by atoms with Crippen LogP contribution in [0.2, 0.25) is 0 Å². The van der Waals surface area contributed by atoms with Crippen LogP contribution in [-0.4, -0.2) is 28.0 Å². The van der Waals surface area contributed by atoms with Crippen molar-refractivity contribution in [1.82, 2.24) is 15.0 Å². The first-order chi connectivity index (χ1) is 10.8. The number of carbonyl (C=O) groups excluding carboxylic acids is 1. The van der Waals surface area contributed by atoms with E-state index in [4.69, 9.17) is 4.74 Å². The zero-order chi connectivity index (χ0) is 15.4. The number of aromatic amines is 1. The summed E-state index contributed by atoms with van der Waals surface area (Å²) in [6.45, 7) is 0.446. The van der Waals surface area contributed by atoms with Crippen LogP contribution in [0.15, 0.2) is 43.0 Å². The summed E-state index contributed by atoms with van der Waals surface area (Å²) in [5, 5.41) is 0. The number of hydrogen-bond donors (Lipinski definition) is 1. The topological polar surface area (TPSA) is 81.0 Å². The molecule has 0 amide bonds. The van der Waals surface area contributed by atoms with E-state index < -0.39 is 0 Å². The van der Waals surface area contributed by atoms with Gasteiger partial charge in [-0.05, 0) is 5.56 Å². The summed E-state index contributed by atoms with van der Waals surface area (Å²) in [4.78, 5) is 22.7. The third-order valence-corrected chi connectivity index (χ3v) is 3.18. The minimum absolute atomic E-state index is 0.0611. The lowest BCUT2D eigenvalue weighted by molar-refractivity contribution is -0.660. The smallest absolute Gasteiger partial charge is 0.348 e. The molecule has 0 aliphatic rings. The van der Waals surface area contributed by atoms with Crippen LogP contribution in [0.25, 0.3) is 11.2 Å². The number of fused-ring (bicyclic) bond motifs is 1. The lowest BCUT2D eigenvalue weighted by Gasteiger charge is -2.05. The van der Waals surface area contributed by atoms with Crippen LogP contribution >= 0.6 is 0 Å². The van der Waals surface area contributed by atoms with Crippen LogP contribution in [0.1, 0.15) is 5.56 Å².